The van der Waals surface area contributed by atoms with Crippen LogP contribution in [0.15, 0.2) is 34.1 Å². The molecule has 0 atom stereocenters. The van der Waals surface area contributed by atoms with Gasteiger partial charge in [-0.25, -0.2) is 0 Å². The third-order valence-corrected chi connectivity index (χ3v) is 10.2. The van der Waals surface area contributed by atoms with Crippen molar-refractivity contribution < 1.29 is 76.1 Å². The first-order valence-electron chi connectivity index (χ1n) is 23.2. The molecule has 0 fully saturated rings. The van der Waals surface area contributed by atoms with Crippen molar-refractivity contribution in [2.24, 2.45) is 11.5 Å². The maximum atomic E-state index is 11.5. The predicted octanol–water partition coefficient (Wildman–Crippen LogP) is 4.45. The van der Waals surface area contributed by atoms with Crippen LogP contribution in [0.2, 0.25) is 0 Å². The zero-order chi connectivity index (χ0) is 48.1. The average molecular weight is 986 g/mol. The maximum Gasteiger partial charge on any atom is 0.303 e. The molecule has 0 aromatic heterocycles. The van der Waals surface area contributed by atoms with E-state index in [-0.39, 0.29) is 24.7 Å². The number of primary amides is 1. The summed E-state index contributed by atoms with van der Waals surface area (Å²) < 4.78 is 68.3. The monoisotopic (exact) mass is 986 g/mol. The van der Waals surface area contributed by atoms with Gasteiger partial charge in [-0.3, -0.25) is 14.4 Å². The van der Waals surface area contributed by atoms with E-state index in [0.29, 0.717) is 171 Å². The lowest BCUT2D eigenvalue weighted by molar-refractivity contribution is -0.137. The second-order valence-corrected chi connectivity index (χ2v) is 16.0. The summed E-state index contributed by atoms with van der Waals surface area (Å²) in [6.45, 7) is 11.6. The minimum absolute atomic E-state index is 0.00867. The number of carboxylic acid groups (broad SMARTS) is 1. The number of hydrogen-bond acceptors (Lipinski definition) is 18. The average Bonchev–Trinajstić information content (AvgIpc) is 3.31. The van der Waals surface area contributed by atoms with E-state index in [4.69, 9.17) is 73.2 Å². The summed E-state index contributed by atoms with van der Waals surface area (Å²) >= 11 is 2.66. The number of unbranched alkanes of at least 4 members (excludes halogenated alkanes) is 6. The number of hydrogen-bond donors (Lipinski definition) is 5. The van der Waals surface area contributed by atoms with E-state index in [0.717, 1.165) is 35.5 Å². The Bertz CT molecular complexity index is 1200. The van der Waals surface area contributed by atoms with Crippen molar-refractivity contribution in [2.45, 2.75) is 80.4 Å². The Morgan fingerprint density at radius 1 is 0.455 bits per heavy atom. The van der Waals surface area contributed by atoms with Gasteiger partial charge < -0.3 is 78.5 Å². The Hall–Kier alpha value is -2.19. The lowest BCUT2D eigenvalue weighted by atomic mass is 10.1. The summed E-state index contributed by atoms with van der Waals surface area (Å²) in [6.07, 6.45) is 9.36. The molecule has 0 heterocycles. The third kappa shape index (κ3) is 52.8. The molecule has 0 radical (unpaired) electrons. The van der Waals surface area contributed by atoms with Crippen LogP contribution in [-0.4, -0.2) is 192 Å². The zero-order valence-electron chi connectivity index (χ0n) is 39.3. The van der Waals surface area contributed by atoms with E-state index in [1.807, 2.05) is 23.9 Å². The third-order valence-electron chi connectivity index (χ3n) is 8.61. The SMILES string of the molecule is NC(=O)CCCCCCCCCSc1ccc(SO)cc1.NCCOCCOCCOCCOCCOCCOCCOCCOCCOCCOCCOCCNC(=O)CCCC(=O)O. The number of carbonyl (C=O) groups is 3. The number of amides is 2. The number of nitrogens with two attached hydrogens (primary N) is 2. The molecular formula is C45H83N3O16S2. The van der Waals surface area contributed by atoms with Gasteiger partial charge in [-0.1, -0.05) is 32.1 Å². The highest BCUT2D eigenvalue weighted by Crippen LogP contribution is 2.23. The normalized spacial score (nSPS) is 11.1. The van der Waals surface area contributed by atoms with E-state index in [2.05, 4.69) is 17.4 Å². The highest BCUT2D eigenvalue weighted by Gasteiger charge is 2.04. The molecule has 0 aliphatic carbocycles. The van der Waals surface area contributed by atoms with E-state index >= 15 is 0 Å². The summed E-state index contributed by atoms with van der Waals surface area (Å²) in [5.74, 6) is -0.114. The molecule has 1 rings (SSSR count). The quantitative estimate of drug-likeness (QED) is 0.0343. The Morgan fingerprint density at radius 3 is 1.17 bits per heavy atom. The standard InChI is InChI=1S/C29H58N2O14.C16H25NO2S2/c30-4-6-35-8-10-37-12-14-39-16-18-41-20-22-43-24-26-45-27-25-44-23-21-42-19-17-40-15-13-38-11-9-36-7-5-31-28(32)2-1-3-29(33)34;17-16(18)8-6-4-2-1-3-5-7-13-20-14-9-11-15(21-19)12-10-14/h1-27,30H2,(H,31,32)(H,33,34);9-12,19H,1-8,13H2,(H2,17,18). The second kappa shape index (κ2) is 53.8. The molecule has 1 aromatic rings. The van der Waals surface area contributed by atoms with Crippen LogP contribution in [0.25, 0.3) is 0 Å². The van der Waals surface area contributed by atoms with Gasteiger partial charge in [-0.15, -0.1) is 11.8 Å². The van der Waals surface area contributed by atoms with Crippen LogP contribution in [0.4, 0.5) is 0 Å². The summed E-state index contributed by atoms with van der Waals surface area (Å²) in [7, 11) is 0. The highest BCUT2D eigenvalue weighted by molar-refractivity contribution is 7.99. The van der Waals surface area contributed by atoms with Crippen LogP contribution in [0.1, 0.15) is 70.6 Å². The van der Waals surface area contributed by atoms with Crippen molar-refractivity contribution in [1.29, 1.82) is 0 Å². The number of rotatable bonds is 51. The summed E-state index contributed by atoms with van der Waals surface area (Å²) in [5.41, 5.74) is 10.4. The van der Waals surface area contributed by atoms with Gasteiger partial charge in [-0.05, 0) is 49.3 Å². The number of aliphatic carboxylic acids is 1. The fourth-order valence-corrected chi connectivity index (χ4v) is 6.38. The molecule has 21 heteroatoms. The Kier molecular flexibility index (Phi) is 52.0. The summed E-state index contributed by atoms with van der Waals surface area (Å²) in [5, 5.41) is 11.2. The number of nitrogens with one attached hydrogen (secondary N) is 1. The first-order valence-corrected chi connectivity index (χ1v) is 25.0. The number of ether oxygens (including phenoxy) is 11. The van der Waals surface area contributed by atoms with Crippen LogP contribution >= 0.6 is 23.8 Å². The van der Waals surface area contributed by atoms with Crippen molar-refractivity contribution in [3.63, 3.8) is 0 Å². The van der Waals surface area contributed by atoms with Gasteiger partial charge in [0.25, 0.3) is 0 Å². The van der Waals surface area contributed by atoms with E-state index in [1.54, 1.807) is 0 Å². The topological polar surface area (TPSA) is 257 Å². The molecule has 0 aliphatic heterocycles. The van der Waals surface area contributed by atoms with Gasteiger partial charge >= 0.3 is 5.97 Å². The van der Waals surface area contributed by atoms with Crippen LogP contribution in [-0.2, 0) is 66.5 Å². The first kappa shape index (κ1) is 63.8. The summed E-state index contributed by atoms with van der Waals surface area (Å²) in [6, 6.07) is 8.00. The molecule has 0 bridgehead atoms. The predicted molar refractivity (Wildman–Crippen MR) is 254 cm³/mol. The largest absolute Gasteiger partial charge is 0.481 e. The van der Waals surface area contributed by atoms with E-state index in [1.165, 1.54) is 37.0 Å². The van der Waals surface area contributed by atoms with Crippen LogP contribution < -0.4 is 16.8 Å². The number of thioether (sulfide) groups is 1. The molecule has 0 spiro atoms. The van der Waals surface area contributed by atoms with Gasteiger partial charge in [0, 0.05) is 54.2 Å². The molecule has 19 nitrogen and oxygen atoms in total. The summed E-state index contributed by atoms with van der Waals surface area (Å²) in [4.78, 5) is 34.6. The van der Waals surface area contributed by atoms with Crippen LogP contribution in [0.5, 0.6) is 0 Å². The number of benzene rings is 1. The van der Waals surface area contributed by atoms with Crippen molar-refractivity contribution in [1.82, 2.24) is 5.32 Å². The molecule has 1 aromatic carbocycles. The van der Waals surface area contributed by atoms with Crippen molar-refractivity contribution in [3.05, 3.63) is 24.3 Å². The maximum absolute atomic E-state index is 11.5. The van der Waals surface area contributed by atoms with Crippen LogP contribution in [0, 0.1) is 0 Å². The molecule has 0 saturated heterocycles. The number of carboxylic acids is 1. The zero-order valence-corrected chi connectivity index (χ0v) is 41.0. The van der Waals surface area contributed by atoms with Crippen molar-refractivity contribution >= 4 is 41.6 Å². The Balaban J connectivity index is 0.00000167. The molecular weight excluding hydrogens is 903 g/mol. The lowest BCUT2D eigenvalue weighted by Crippen LogP contribution is -2.27. The molecule has 66 heavy (non-hydrogen) atoms. The fraction of sp³-hybridized carbons (Fsp3) is 0.800. The molecule has 0 saturated carbocycles. The Morgan fingerprint density at radius 2 is 0.803 bits per heavy atom. The lowest BCUT2D eigenvalue weighted by Gasteiger charge is -2.09. The van der Waals surface area contributed by atoms with E-state index in [9.17, 15) is 14.4 Å². The molecule has 0 aliphatic rings. The molecule has 2 amide bonds. The minimum Gasteiger partial charge on any atom is -0.481 e. The molecule has 7 N–H and O–H groups in total. The van der Waals surface area contributed by atoms with Gasteiger partial charge in [0.1, 0.15) is 0 Å². The van der Waals surface area contributed by atoms with Crippen molar-refractivity contribution in [3.8, 4) is 0 Å². The van der Waals surface area contributed by atoms with Gasteiger partial charge in [0.05, 0.1) is 145 Å². The van der Waals surface area contributed by atoms with E-state index < -0.39 is 5.97 Å². The minimum atomic E-state index is -0.902. The molecule has 386 valence electrons. The molecule has 0 unspecified atom stereocenters. The van der Waals surface area contributed by atoms with Crippen molar-refractivity contribution in [2.75, 3.05) is 164 Å². The first-order chi connectivity index (χ1) is 32.4. The number of carbonyl (C=O) groups excluding carboxylic acids is 2. The fourth-order valence-electron chi connectivity index (χ4n) is 5.21. The van der Waals surface area contributed by atoms with Gasteiger partial charge in [0.15, 0.2) is 0 Å². The second-order valence-electron chi connectivity index (χ2n) is 14.2. The van der Waals surface area contributed by atoms with Gasteiger partial charge in [0.2, 0.25) is 11.8 Å². The highest BCUT2D eigenvalue weighted by atomic mass is 32.2. The smallest absolute Gasteiger partial charge is 0.303 e. The van der Waals surface area contributed by atoms with Gasteiger partial charge in [-0.2, -0.15) is 0 Å². The Labute approximate surface area is 402 Å². The van der Waals surface area contributed by atoms with Crippen LogP contribution in [0.3, 0.4) is 0 Å².